The van der Waals surface area contributed by atoms with E-state index in [9.17, 15) is 8.42 Å². The molecule has 7 nitrogen and oxygen atoms in total. The predicted octanol–water partition coefficient (Wildman–Crippen LogP) is 8.66. The molecule has 49 heavy (non-hydrogen) atoms. The summed E-state index contributed by atoms with van der Waals surface area (Å²) in [6.07, 6.45) is 10.5. The number of amides is 1. The number of hydrogen-bond acceptors (Lipinski definition) is 5. The third kappa shape index (κ3) is 9.47. The van der Waals surface area contributed by atoms with Crippen LogP contribution in [0.5, 0.6) is 5.75 Å². The van der Waals surface area contributed by atoms with Gasteiger partial charge < -0.3 is 14.4 Å². The Morgan fingerprint density at radius 3 is 2.49 bits per heavy atom. The fourth-order valence-corrected chi connectivity index (χ4v) is 8.72. The van der Waals surface area contributed by atoms with Crippen molar-refractivity contribution >= 4 is 39.1 Å². The standard InChI is InChI=1S/C39H50Cl2N2O5S/c1-7-21-39(22-23-48-27-29-14-17-34(47-6)18-15-29)25-36(30-11-10-12-32(41)24-30)37(28(4)13-16-31(40)8-2)43(38(39)44)33(9-3)26-42(5)49(45,46)35-19-20-35/h7-8,10-18,24,33,35-37H,1,4,9,19-23,25-27H2,2-3,5-6H3/b16-13-,31-8+/t33-,36+,37+,39-/m0/s1. The minimum absolute atomic E-state index is 0.0560. The summed E-state index contributed by atoms with van der Waals surface area (Å²) >= 11 is 13.0. The number of piperidine rings is 1. The normalized spacial score (nSPS) is 22.5. The van der Waals surface area contributed by atoms with Gasteiger partial charge in [-0.05, 0) is 92.5 Å². The number of likely N-dealkylation sites (tertiary alicyclic amines) is 1. The van der Waals surface area contributed by atoms with Crippen molar-refractivity contribution in [2.75, 3.05) is 27.3 Å². The molecule has 0 aromatic heterocycles. The molecule has 1 aliphatic carbocycles. The van der Waals surface area contributed by atoms with Crippen molar-refractivity contribution in [1.82, 2.24) is 9.21 Å². The summed E-state index contributed by atoms with van der Waals surface area (Å²) in [7, 11) is -0.221. The number of rotatable bonds is 18. The van der Waals surface area contributed by atoms with E-state index >= 15 is 4.79 Å². The van der Waals surface area contributed by atoms with E-state index in [1.54, 1.807) is 32.4 Å². The Hall–Kier alpha value is -2.88. The summed E-state index contributed by atoms with van der Waals surface area (Å²) in [5, 5.41) is 0.786. The molecule has 2 aromatic rings. The van der Waals surface area contributed by atoms with Gasteiger partial charge in [0, 0.05) is 42.2 Å². The first-order valence-corrected chi connectivity index (χ1v) is 19.2. The summed E-state index contributed by atoms with van der Waals surface area (Å²) < 4.78 is 39.6. The second kappa shape index (κ2) is 17.4. The molecule has 2 fully saturated rings. The SMILES string of the molecule is C=CC[C@]1(CCOCc2ccc(OC)cc2)C[C@H](c2cccc(Cl)c2)[C@@H](C(=C)/C=C\C(Cl)=C/C)N([C@@H](CC)CN(C)S(=O)(=O)C2CC2)C1=O. The van der Waals surface area contributed by atoms with Crippen LogP contribution in [0.2, 0.25) is 5.02 Å². The largest absolute Gasteiger partial charge is 0.497 e. The molecule has 2 aliphatic rings. The highest BCUT2D eigenvalue weighted by atomic mass is 35.5. The first-order chi connectivity index (χ1) is 23.4. The van der Waals surface area contributed by atoms with Gasteiger partial charge in [0.15, 0.2) is 0 Å². The molecule has 1 saturated carbocycles. The maximum Gasteiger partial charge on any atom is 0.230 e. The number of ether oxygens (including phenoxy) is 2. The van der Waals surface area contributed by atoms with E-state index in [4.69, 9.17) is 32.7 Å². The topological polar surface area (TPSA) is 76.2 Å². The maximum absolute atomic E-state index is 15.2. The van der Waals surface area contributed by atoms with Gasteiger partial charge in [0.1, 0.15) is 5.75 Å². The first kappa shape index (κ1) is 38.9. The summed E-state index contributed by atoms with van der Waals surface area (Å²) in [6, 6.07) is 14.6. The molecule has 0 unspecified atom stereocenters. The molecule has 0 radical (unpaired) electrons. The van der Waals surface area contributed by atoms with Crippen molar-refractivity contribution < 1.29 is 22.7 Å². The molecule has 2 aromatic carbocycles. The Morgan fingerprint density at radius 1 is 1.18 bits per heavy atom. The van der Waals surface area contributed by atoms with Crippen LogP contribution < -0.4 is 4.74 Å². The molecule has 1 aliphatic heterocycles. The van der Waals surface area contributed by atoms with Gasteiger partial charge in [0.2, 0.25) is 15.9 Å². The van der Waals surface area contributed by atoms with Crippen LogP contribution >= 0.6 is 23.2 Å². The van der Waals surface area contributed by atoms with Crippen molar-refractivity contribution in [3.8, 4) is 5.75 Å². The molecule has 1 saturated heterocycles. The number of carbonyl (C=O) groups is 1. The highest BCUT2D eigenvalue weighted by Crippen LogP contribution is 2.50. The lowest BCUT2D eigenvalue weighted by Gasteiger charge is -2.53. The highest BCUT2D eigenvalue weighted by molar-refractivity contribution is 7.90. The second-order valence-corrected chi connectivity index (χ2v) is 16.3. The van der Waals surface area contributed by atoms with E-state index in [1.165, 1.54) is 4.31 Å². The Morgan fingerprint density at radius 2 is 1.90 bits per heavy atom. The van der Waals surface area contributed by atoms with Gasteiger partial charge in [0.05, 0.1) is 30.4 Å². The van der Waals surface area contributed by atoms with Crippen LogP contribution in [-0.2, 0) is 26.2 Å². The number of methoxy groups -OCH3 is 1. The molecular formula is C39H50Cl2N2O5S. The zero-order valence-electron chi connectivity index (χ0n) is 29.1. The van der Waals surface area contributed by atoms with Gasteiger partial charge in [-0.15, -0.1) is 6.58 Å². The molecule has 0 N–H and O–H groups in total. The maximum atomic E-state index is 15.2. The van der Waals surface area contributed by atoms with Gasteiger partial charge in [0.25, 0.3) is 0 Å². The Bertz CT molecular complexity index is 1640. The lowest BCUT2D eigenvalue weighted by atomic mass is 9.64. The second-order valence-electron chi connectivity index (χ2n) is 13.1. The fraction of sp³-hybridized carbons (Fsp3) is 0.462. The molecule has 1 heterocycles. The number of nitrogens with zero attached hydrogens (tertiary/aromatic N) is 2. The number of halogens is 2. The fourth-order valence-electron chi connectivity index (χ4n) is 6.83. The van der Waals surface area contributed by atoms with Crippen molar-refractivity contribution in [1.29, 1.82) is 0 Å². The smallest absolute Gasteiger partial charge is 0.230 e. The lowest BCUT2D eigenvalue weighted by molar-refractivity contribution is -0.155. The third-order valence-corrected chi connectivity index (χ3v) is 12.7. The molecule has 266 valence electrons. The van der Waals surface area contributed by atoms with E-state index in [0.29, 0.717) is 67.4 Å². The van der Waals surface area contributed by atoms with E-state index in [-0.39, 0.29) is 23.6 Å². The Balaban J connectivity index is 1.77. The molecular weight excluding hydrogens is 679 g/mol. The zero-order chi connectivity index (χ0) is 35.8. The quantitative estimate of drug-likeness (QED) is 0.0873. The molecule has 1 amide bonds. The summed E-state index contributed by atoms with van der Waals surface area (Å²) in [5.74, 6) is 0.506. The first-order valence-electron chi connectivity index (χ1n) is 16.9. The van der Waals surface area contributed by atoms with E-state index in [0.717, 1.165) is 16.9 Å². The van der Waals surface area contributed by atoms with Gasteiger partial charge in [-0.2, -0.15) is 0 Å². The summed E-state index contributed by atoms with van der Waals surface area (Å²) in [5.41, 5.74) is 1.81. The Kier molecular flexibility index (Phi) is 13.8. The number of benzene rings is 2. The van der Waals surface area contributed by atoms with Crippen molar-refractivity contribution in [2.24, 2.45) is 5.41 Å². The third-order valence-electron chi connectivity index (χ3n) is 9.77. The minimum atomic E-state index is -3.48. The number of likely N-dealkylation sites (N-methyl/N-ethyl adjacent to an activating group) is 1. The molecule has 10 heteroatoms. The molecule has 0 spiro atoms. The van der Waals surface area contributed by atoms with Crippen LogP contribution in [0, 0.1) is 5.41 Å². The van der Waals surface area contributed by atoms with Crippen LogP contribution in [0.15, 0.2) is 96.6 Å². The molecule has 4 atom stereocenters. The van der Waals surface area contributed by atoms with Crippen LogP contribution in [0.3, 0.4) is 0 Å². The summed E-state index contributed by atoms with van der Waals surface area (Å²) in [6.45, 7) is 13.3. The monoisotopic (exact) mass is 728 g/mol. The van der Waals surface area contributed by atoms with Crippen LogP contribution in [0.4, 0.5) is 0 Å². The molecule has 0 bridgehead atoms. The lowest BCUT2D eigenvalue weighted by Crippen LogP contribution is -2.62. The van der Waals surface area contributed by atoms with Gasteiger partial charge in [-0.1, -0.05) is 79.2 Å². The van der Waals surface area contributed by atoms with E-state index < -0.39 is 27.5 Å². The predicted molar refractivity (Wildman–Crippen MR) is 200 cm³/mol. The summed E-state index contributed by atoms with van der Waals surface area (Å²) in [4.78, 5) is 17.1. The number of allylic oxidation sites excluding steroid dienone is 4. The van der Waals surface area contributed by atoms with Crippen LogP contribution in [0.1, 0.15) is 69.4 Å². The number of hydrogen-bond donors (Lipinski definition) is 0. The zero-order valence-corrected chi connectivity index (χ0v) is 31.4. The van der Waals surface area contributed by atoms with Crippen molar-refractivity contribution in [2.45, 2.75) is 82.2 Å². The average molecular weight is 730 g/mol. The van der Waals surface area contributed by atoms with Gasteiger partial charge in [-0.3, -0.25) is 4.79 Å². The van der Waals surface area contributed by atoms with Gasteiger partial charge in [-0.25, -0.2) is 12.7 Å². The minimum Gasteiger partial charge on any atom is -0.497 e. The number of carbonyl (C=O) groups excluding carboxylic acids is 1. The average Bonchev–Trinajstić information content (AvgIpc) is 3.96. The van der Waals surface area contributed by atoms with E-state index in [2.05, 4.69) is 13.2 Å². The number of sulfonamides is 1. The van der Waals surface area contributed by atoms with Gasteiger partial charge >= 0.3 is 0 Å². The highest BCUT2D eigenvalue weighted by Gasteiger charge is 2.53. The van der Waals surface area contributed by atoms with Crippen molar-refractivity contribution in [3.05, 3.63) is 113 Å². The van der Waals surface area contributed by atoms with E-state index in [1.807, 2.05) is 73.4 Å². The Labute approximate surface area is 303 Å². The van der Waals surface area contributed by atoms with Crippen molar-refractivity contribution in [3.63, 3.8) is 0 Å². The van der Waals surface area contributed by atoms with Crippen LogP contribution in [-0.4, -0.2) is 68.2 Å². The van der Waals surface area contributed by atoms with Crippen LogP contribution in [0.25, 0.3) is 0 Å². The molecule has 4 rings (SSSR count).